The third-order valence-corrected chi connectivity index (χ3v) is 3.96. The molecule has 0 aliphatic heterocycles. The molecule has 0 fully saturated rings. The molecule has 0 aliphatic carbocycles. The van der Waals surface area contributed by atoms with Crippen LogP contribution in [-0.4, -0.2) is 37.0 Å². The number of halogens is 1. The van der Waals surface area contributed by atoms with Gasteiger partial charge in [-0.05, 0) is 30.2 Å². The van der Waals surface area contributed by atoms with E-state index in [0.29, 0.717) is 13.2 Å². The van der Waals surface area contributed by atoms with Gasteiger partial charge in [-0.25, -0.2) is 0 Å². The van der Waals surface area contributed by atoms with Gasteiger partial charge >= 0.3 is 0 Å². The summed E-state index contributed by atoms with van der Waals surface area (Å²) in [6, 6.07) is 7.18. The molecule has 5 heteroatoms. The van der Waals surface area contributed by atoms with Crippen molar-refractivity contribution in [3.8, 4) is 5.75 Å². The number of hydrogen-bond donors (Lipinski definition) is 1. The maximum Gasteiger partial charge on any atom is 0.239 e. The van der Waals surface area contributed by atoms with Crippen LogP contribution in [0.3, 0.4) is 0 Å². The molecule has 1 amide bonds. The predicted molar refractivity (Wildman–Crippen MR) is 84.7 cm³/mol. The lowest BCUT2D eigenvalue weighted by Crippen LogP contribution is -2.46. The summed E-state index contributed by atoms with van der Waals surface area (Å²) in [6.07, 6.45) is 0.899. The van der Waals surface area contributed by atoms with Crippen molar-refractivity contribution in [2.75, 3.05) is 20.2 Å². The summed E-state index contributed by atoms with van der Waals surface area (Å²) in [5, 5.41) is 0. The van der Waals surface area contributed by atoms with Crippen LogP contribution >= 0.6 is 15.9 Å². The van der Waals surface area contributed by atoms with E-state index in [2.05, 4.69) is 15.9 Å². The molecule has 4 nitrogen and oxygen atoms in total. The Morgan fingerprint density at radius 1 is 1.40 bits per heavy atom. The monoisotopic (exact) mass is 342 g/mol. The molecule has 0 bridgehead atoms. The molecule has 1 aromatic rings. The van der Waals surface area contributed by atoms with E-state index < -0.39 is 6.04 Å². The van der Waals surface area contributed by atoms with Gasteiger partial charge < -0.3 is 15.4 Å². The molecule has 0 aromatic heterocycles. The van der Waals surface area contributed by atoms with Gasteiger partial charge in [-0.1, -0.05) is 36.2 Å². The number of rotatable bonds is 7. The summed E-state index contributed by atoms with van der Waals surface area (Å²) in [6.45, 7) is 5.01. The molecule has 0 unspecified atom stereocenters. The zero-order chi connectivity index (χ0) is 15.1. The van der Waals surface area contributed by atoms with Crippen molar-refractivity contribution < 1.29 is 9.53 Å². The number of nitrogens with two attached hydrogens (primary N) is 1. The molecule has 1 rings (SSSR count). The molecule has 0 radical (unpaired) electrons. The first-order valence-corrected chi connectivity index (χ1v) is 7.64. The fraction of sp³-hybridized carbons (Fsp3) is 0.533. The van der Waals surface area contributed by atoms with E-state index in [9.17, 15) is 4.79 Å². The van der Waals surface area contributed by atoms with E-state index in [0.717, 1.165) is 16.6 Å². The number of hydrogen-bond acceptors (Lipinski definition) is 3. The van der Waals surface area contributed by atoms with Gasteiger partial charge in [0.1, 0.15) is 12.4 Å². The molecule has 112 valence electrons. The van der Waals surface area contributed by atoms with Gasteiger partial charge in [-0.15, -0.1) is 0 Å². The summed E-state index contributed by atoms with van der Waals surface area (Å²) < 4.78 is 6.60. The molecular weight excluding hydrogens is 320 g/mol. The smallest absolute Gasteiger partial charge is 0.239 e. The van der Waals surface area contributed by atoms with Crippen LogP contribution in [0.15, 0.2) is 28.7 Å². The number of nitrogens with zero attached hydrogens (tertiary/aromatic N) is 1. The maximum atomic E-state index is 12.1. The van der Waals surface area contributed by atoms with Crippen LogP contribution in [0.4, 0.5) is 0 Å². The van der Waals surface area contributed by atoms with Gasteiger partial charge in [0.05, 0.1) is 12.6 Å². The minimum atomic E-state index is -0.433. The molecule has 0 spiro atoms. The zero-order valence-electron chi connectivity index (χ0n) is 12.3. The first kappa shape index (κ1) is 17.0. The molecule has 20 heavy (non-hydrogen) atoms. The maximum absolute atomic E-state index is 12.1. The Hall–Kier alpha value is -1.07. The molecule has 0 heterocycles. The van der Waals surface area contributed by atoms with Crippen LogP contribution in [0.25, 0.3) is 0 Å². The lowest BCUT2D eigenvalue weighted by Gasteiger charge is -2.24. The Labute approximate surface area is 129 Å². The van der Waals surface area contributed by atoms with Crippen molar-refractivity contribution in [1.29, 1.82) is 0 Å². The number of carbonyl (C=O) groups is 1. The number of carbonyl (C=O) groups excluding carboxylic acids is 1. The van der Waals surface area contributed by atoms with E-state index in [4.69, 9.17) is 10.5 Å². The van der Waals surface area contributed by atoms with Gasteiger partial charge in [-0.3, -0.25) is 4.79 Å². The number of benzene rings is 1. The summed E-state index contributed by atoms with van der Waals surface area (Å²) in [7, 11) is 1.76. The molecular formula is C15H23BrN2O2. The first-order valence-electron chi connectivity index (χ1n) is 6.84. The fourth-order valence-electron chi connectivity index (χ4n) is 1.69. The second-order valence-corrected chi connectivity index (χ2v) is 5.89. The highest BCUT2D eigenvalue weighted by atomic mass is 79.9. The highest BCUT2D eigenvalue weighted by molar-refractivity contribution is 9.10. The highest BCUT2D eigenvalue weighted by Crippen LogP contribution is 2.16. The summed E-state index contributed by atoms with van der Waals surface area (Å²) in [5.41, 5.74) is 5.93. The van der Waals surface area contributed by atoms with Crippen LogP contribution in [0, 0.1) is 5.92 Å². The zero-order valence-corrected chi connectivity index (χ0v) is 13.9. The standard InChI is InChI=1S/C15H23BrN2O2/c1-4-11(2)14(17)15(19)18(3)9-10-20-13-7-5-12(16)6-8-13/h5-8,11,14H,4,9-10,17H2,1-3H3/t11-,14-/m0/s1. The van der Waals surface area contributed by atoms with E-state index >= 15 is 0 Å². The van der Waals surface area contributed by atoms with Crippen molar-refractivity contribution >= 4 is 21.8 Å². The summed E-state index contributed by atoms with van der Waals surface area (Å²) in [4.78, 5) is 13.7. The average molecular weight is 343 g/mol. The summed E-state index contributed by atoms with van der Waals surface area (Å²) >= 11 is 3.37. The Kier molecular flexibility index (Phi) is 7.02. The Bertz CT molecular complexity index is 422. The van der Waals surface area contributed by atoms with Crippen LogP contribution in [0.5, 0.6) is 5.75 Å². The molecule has 0 saturated carbocycles. The van der Waals surface area contributed by atoms with E-state index in [-0.39, 0.29) is 11.8 Å². The van der Waals surface area contributed by atoms with Crippen LogP contribution in [0.1, 0.15) is 20.3 Å². The number of amides is 1. The first-order chi connectivity index (χ1) is 9.45. The van der Waals surface area contributed by atoms with Gasteiger partial charge in [0.25, 0.3) is 0 Å². The largest absolute Gasteiger partial charge is 0.492 e. The van der Waals surface area contributed by atoms with Crippen molar-refractivity contribution in [3.05, 3.63) is 28.7 Å². The molecule has 0 saturated heterocycles. The van der Waals surface area contributed by atoms with Crippen LogP contribution in [0.2, 0.25) is 0 Å². The number of ether oxygens (including phenoxy) is 1. The Morgan fingerprint density at radius 2 is 2.00 bits per heavy atom. The third kappa shape index (κ3) is 5.13. The van der Waals surface area contributed by atoms with Crippen molar-refractivity contribution in [3.63, 3.8) is 0 Å². The predicted octanol–water partition coefficient (Wildman–Crippen LogP) is 2.66. The highest BCUT2D eigenvalue weighted by Gasteiger charge is 2.22. The molecule has 0 aliphatic rings. The average Bonchev–Trinajstić information content (AvgIpc) is 2.46. The minimum absolute atomic E-state index is 0.0289. The fourth-order valence-corrected chi connectivity index (χ4v) is 1.96. The van der Waals surface area contributed by atoms with Gasteiger partial charge in [0.2, 0.25) is 5.91 Å². The van der Waals surface area contributed by atoms with E-state index in [1.54, 1.807) is 11.9 Å². The van der Waals surface area contributed by atoms with E-state index in [1.165, 1.54) is 0 Å². The van der Waals surface area contributed by atoms with Crippen molar-refractivity contribution in [1.82, 2.24) is 4.90 Å². The van der Waals surface area contributed by atoms with Gasteiger partial charge in [0.15, 0.2) is 0 Å². The minimum Gasteiger partial charge on any atom is -0.492 e. The normalized spacial score (nSPS) is 13.7. The van der Waals surface area contributed by atoms with Crippen molar-refractivity contribution in [2.45, 2.75) is 26.3 Å². The third-order valence-electron chi connectivity index (χ3n) is 3.43. The molecule has 2 N–H and O–H groups in total. The topological polar surface area (TPSA) is 55.6 Å². The molecule has 1 aromatic carbocycles. The molecule has 2 atom stereocenters. The number of likely N-dealkylation sites (N-methyl/N-ethyl adjacent to an activating group) is 1. The van der Waals surface area contributed by atoms with Gasteiger partial charge in [0, 0.05) is 11.5 Å². The van der Waals surface area contributed by atoms with E-state index in [1.807, 2.05) is 38.1 Å². The lowest BCUT2D eigenvalue weighted by atomic mass is 9.99. The Morgan fingerprint density at radius 3 is 2.55 bits per heavy atom. The Balaban J connectivity index is 2.37. The second kappa shape index (κ2) is 8.27. The van der Waals surface area contributed by atoms with Crippen LogP contribution < -0.4 is 10.5 Å². The quantitative estimate of drug-likeness (QED) is 0.828. The van der Waals surface area contributed by atoms with Gasteiger partial charge in [-0.2, -0.15) is 0 Å². The van der Waals surface area contributed by atoms with Crippen molar-refractivity contribution in [2.24, 2.45) is 11.7 Å². The SMILES string of the molecule is CC[C@H](C)[C@H](N)C(=O)N(C)CCOc1ccc(Br)cc1. The van der Waals surface area contributed by atoms with Crippen LogP contribution in [-0.2, 0) is 4.79 Å². The second-order valence-electron chi connectivity index (χ2n) is 4.97. The lowest BCUT2D eigenvalue weighted by molar-refractivity contribution is -0.132. The summed E-state index contributed by atoms with van der Waals surface area (Å²) in [5.74, 6) is 0.955.